The van der Waals surface area contributed by atoms with Crippen LogP contribution in [0.15, 0.2) is 24.3 Å². The molecular weight excluding hydrogens is 276 g/mol. The third-order valence-corrected chi connectivity index (χ3v) is 3.96. The minimum atomic E-state index is -0.0980. The lowest BCUT2D eigenvalue weighted by Crippen LogP contribution is -2.44. The van der Waals surface area contributed by atoms with E-state index >= 15 is 0 Å². The summed E-state index contributed by atoms with van der Waals surface area (Å²) >= 11 is 5.99. The van der Waals surface area contributed by atoms with Gasteiger partial charge in [0.25, 0.3) is 0 Å². The first kappa shape index (κ1) is 15.3. The van der Waals surface area contributed by atoms with Gasteiger partial charge in [-0.05, 0) is 31.7 Å². The van der Waals surface area contributed by atoms with Crippen LogP contribution < -0.4 is 5.32 Å². The smallest absolute Gasteiger partial charge is 0.229 e. The highest BCUT2D eigenvalue weighted by molar-refractivity contribution is 6.30. The molecule has 20 heavy (non-hydrogen) atoms. The van der Waals surface area contributed by atoms with Crippen LogP contribution in [0.4, 0.5) is 0 Å². The van der Waals surface area contributed by atoms with E-state index in [0.717, 1.165) is 5.56 Å². The van der Waals surface area contributed by atoms with Gasteiger partial charge >= 0.3 is 0 Å². The Kier molecular flexibility index (Phi) is 5.40. The van der Waals surface area contributed by atoms with Gasteiger partial charge in [0.05, 0.1) is 19.1 Å². The van der Waals surface area contributed by atoms with Crippen LogP contribution in [0.3, 0.4) is 0 Å². The fraction of sp³-hybridized carbons (Fsp3) is 0.533. The number of likely N-dealkylation sites (N-methyl/N-ethyl adjacent to an activating group) is 1. The average molecular weight is 297 g/mol. The highest BCUT2D eigenvalue weighted by atomic mass is 35.5. The lowest BCUT2D eigenvalue weighted by molar-refractivity contribution is -0.136. The third kappa shape index (κ3) is 3.51. The Balaban J connectivity index is 2.06. The number of hydrogen-bond acceptors (Lipinski definition) is 3. The van der Waals surface area contributed by atoms with E-state index in [0.29, 0.717) is 31.3 Å². The van der Waals surface area contributed by atoms with Gasteiger partial charge in [-0.25, -0.2) is 0 Å². The first-order chi connectivity index (χ1) is 9.65. The van der Waals surface area contributed by atoms with Crippen molar-refractivity contribution < 1.29 is 9.53 Å². The Morgan fingerprint density at radius 1 is 1.50 bits per heavy atom. The molecule has 1 aromatic carbocycles. The molecule has 110 valence electrons. The van der Waals surface area contributed by atoms with Gasteiger partial charge in [-0.15, -0.1) is 0 Å². The van der Waals surface area contributed by atoms with Crippen LogP contribution >= 0.6 is 11.6 Å². The van der Waals surface area contributed by atoms with Crippen molar-refractivity contribution in [2.24, 2.45) is 5.92 Å². The van der Waals surface area contributed by atoms with E-state index in [1.165, 1.54) is 0 Å². The zero-order valence-electron chi connectivity index (χ0n) is 11.9. The zero-order valence-corrected chi connectivity index (χ0v) is 12.7. The van der Waals surface area contributed by atoms with Crippen molar-refractivity contribution in [3.63, 3.8) is 0 Å². The summed E-state index contributed by atoms with van der Waals surface area (Å²) in [6, 6.07) is 7.74. The van der Waals surface area contributed by atoms with Gasteiger partial charge in [0.2, 0.25) is 5.91 Å². The number of ether oxygens (including phenoxy) is 1. The highest BCUT2D eigenvalue weighted by Gasteiger charge is 2.35. The normalized spacial score (nSPS) is 21.9. The van der Waals surface area contributed by atoms with Crippen molar-refractivity contribution >= 4 is 17.5 Å². The first-order valence-corrected chi connectivity index (χ1v) is 7.31. The Labute approximate surface area is 125 Å². The topological polar surface area (TPSA) is 41.6 Å². The summed E-state index contributed by atoms with van der Waals surface area (Å²) in [5.74, 6) is 0.0449. The molecule has 1 aliphatic rings. The molecule has 1 fully saturated rings. The molecule has 1 saturated heterocycles. The van der Waals surface area contributed by atoms with Crippen molar-refractivity contribution in [3.05, 3.63) is 34.9 Å². The van der Waals surface area contributed by atoms with Gasteiger partial charge in [-0.3, -0.25) is 4.79 Å². The van der Waals surface area contributed by atoms with Crippen LogP contribution in [0.25, 0.3) is 0 Å². The van der Waals surface area contributed by atoms with Crippen LogP contribution in [0.2, 0.25) is 5.02 Å². The molecule has 5 heteroatoms. The van der Waals surface area contributed by atoms with E-state index in [1.807, 2.05) is 43.1 Å². The van der Waals surface area contributed by atoms with E-state index in [1.54, 1.807) is 0 Å². The number of carbonyl (C=O) groups is 1. The maximum atomic E-state index is 12.6. The van der Waals surface area contributed by atoms with Crippen molar-refractivity contribution in [2.75, 3.05) is 26.8 Å². The molecule has 4 nitrogen and oxygen atoms in total. The second kappa shape index (κ2) is 7.07. The summed E-state index contributed by atoms with van der Waals surface area (Å²) in [5, 5.41) is 3.85. The number of halogens is 1. The molecule has 0 spiro atoms. The largest absolute Gasteiger partial charge is 0.379 e. The van der Waals surface area contributed by atoms with E-state index in [9.17, 15) is 4.79 Å². The second-order valence-electron chi connectivity index (χ2n) is 5.02. The van der Waals surface area contributed by atoms with E-state index in [2.05, 4.69) is 5.32 Å². The van der Waals surface area contributed by atoms with Gasteiger partial charge in [0.15, 0.2) is 0 Å². The van der Waals surface area contributed by atoms with Crippen LogP contribution in [0.1, 0.15) is 12.5 Å². The average Bonchev–Trinajstić information content (AvgIpc) is 2.92. The molecule has 2 unspecified atom stereocenters. The number of rotatable bonds is 5. The summed E-state index contributed by atoms with van der Waals surface area (Å²) in [6.07, 6.45) is 0. The second-order valence-corrected chi connectivity index (χ2v) is 5.46. The minimum absolute atomic E-state index is 0.0980. The monoisotopic (exact) mass is 296 g/mol. The van der Waals surface area contributed by atoms with E-state index < -0.39 is 0 Å². The predicted octanol–water partition coefficient (Wildman–Crippen LogP) is 1.92. The molecule has 0 aromatic heterocycles. The van der Waals surface area contributed by atoms with Gasteiger partial charge in [0.1, 0.15) is 0 Å². The Morgan fingerprint density at radius 2 is 2.30 bits per heavy atom. The quantitative estimate of drug-likeness (QED) is 0.903. The molecule has 1 heterocycles. The molecule has 2 rings (SSSR count). The summed E-state index contributed by atoms with van der Waals surface area (Å²) in [5.41, 5.74) is 1.05. The number of nitrogens with zero attached hydrogens (tertiary/aromatic N) is 1. The maximum absolute atomic E-state index is 12.6. The predicted molar refractivity (Wildman–Crippen MR) is 79.7 cm³/mol. The molecular formula is C15H21ClN2O2. The van der Waals surface area contributed by atoms with Gasteiger partial charge in [-0.1, -0.05) is 23.7 Å². The van der Waals surface area contributed by atoms with Gasteiger partial charge in [0, 0.05) is 24.2 Å². The summed E-state index contributed by atoms with van der Waals surface area (Å²) < 4.78 is 5.41. The molecule has 1 aliphatic heterocycles. The number of benzene rings is 1. The number of amides is 1. The lowest BCUT2D eigenvalue weighted by Gasteiger charge is -2.26. The number of hydrogen-bond donors (Lipinski definition) is 1. The first-order valence-electron chi connectivity index (χ1n) is 6.94. The van der Waals surface area contributed by atoms with E-state index in [4.69, 9.17) is 16.3 Å². The number of carbonyl (C=O) groups excluding carboxylic acids is 1. The van der Waals surface area contributed by atoms with E-state index in [-0.39, 0.29) is 17.9 Å². The van der Waals surface area contributed by atoms with Gasteiger partial charge in [-0.2, -0.15) is 0 Å². The molecule has 0 aliphatic carbocycles. The van der Waals surface area contributed by atoms with Crippen molar-refractivity contribution in [1.82, 2.24) is 10.2 Å². The van der Waals surface area contributed by atoms with Crippen LogP contribution in [-0.2, 0) is 16.1 Å². The summed E-state index contributed by atoms with van der Waals surface area (Å²) in [7, 11) is 1.87. The Hall–Kier alpha value is -1.10. The summed E-state index contributed by atoms with van der Waals surface area (Å²) in [6.45, 7) is 4.35. The SMILES string of the molecule is CCN(Cc1cccc(Cl)c1)C(=O)C1COCC1NC. The maximum Gasteiger partial charge on any atom is 0.229 e. The van der Waals surface area contributed by atoms with Crippen molar-refractivity contribution in [2.45, 2.75) is 19.5 Å². The summed E-state index contributed by atoms with van der Waals surface area (Å²) in [4.78, 5) is 14.5. The van der Waals surface area contributed by atoms with Crippen molar-refractivity contribution in [1.29, 1.82) is 0 Å². The van der Waals surface area contributed by atoms with Crippen molar-refractivity contribution in [3.8, 4) is 0 Å². The molecule has 1 N–H and O–H groups in total. The fourth-order valence-electron chi connectivity index (χ4n) is 2.52. The third-order valence-electron chi connectivity index (χ3n) is 3.72. The molecule has 1 aromatic rings. The molecule has 0 bridgehead atoms. The van der Waals surface area contributed by atoms with Crippen LogP contribution in [0, 0.1) is 5.92 Å². The number of nitrogens with one attached hydrogen (secondary N) is 1. The van der Waals surface area contributed by atoms with Gasteiger partial charge < -0.3 is 15.0 Å². The van der Waals surface area contributed by atoms with Crippen LogP contribution in [0.5, 0.6) is 0 Å². The molecule has 0 radical (unpaired) electrons. The standard InChI is InChI=1S/C15H21ClN2O2/c1-3-18(8-11-5-4-6-12(16)7-11)15(19)13-9-20-10-14(13)17-2/h4-7,13-14,17H,3,8-10H2,1-2H3. The zero-order chi connectivity index (χ0) is 14.5. The van der Waals surface area contributed by atoms with Crippen LogP contribution in [-0.4, -0.2) is 43.7 Å². The lowest BCUT2D eigenvalue weighted by atomic mass is 10.0. The molecule has 0 saturated carbocycles. The fourth-order valence-corrected chi connectivity index (χ4v) is 2.73. The molecule has 1 amide bonds. The highest BCUT2D eigenvalue weighted by Crippen LogP contribution is 2.19. The Morgan fingerprint density at radius 3 is 2.95 bits per heavy atom. The molecule has 2 atom stereocenters. The Bertz CT molecular complexity index is 467. The minimum Gasteiger partial charge on any atom is -0.379 e.